The number of amides is 1. The quantitative estimate of drug-likeness (QED) is 0.449. The number of nitrogens with two attached hydrogens (primary N) is 1. The van der Waals surface area contributed by atoms with Crippen molar-refractivity contribution >= 4 is 16.1 Å². The van der Waals surface area contributed by atoms with E-state index in [1.54, 1.807) is 5.32 Å². The number of carboxylic acid groups (broad SMARTS) is 1. The van der Waals surface area contributed by atoms with E-state index in [1.165, 1.54) is 0 Å². The van der Waals surface area contributed by atoms with Crippen LogP contribution in [0.4, 0.5) is 4.79 Å². The monoisotopic (exact) mass is 154 g/mol. The molecule has 9 heavy (non-hydrogen) atoms. The minimum absolute atomic E-state index is 0.748. The van der Waals surface area contributed by atoms with Gasteiger partial charge in [-0.05, 0) is 0 Å². The van der Waals surface area contributed by atoms with Gasteiger partial charge >= 0.3 is 6.09 Å². The SMILES string of the molecule is NS(=O)(=O)CNC(=O)O. The molecule has 0 aliphatic rings. The molecule has 1 amide bonds. The molecule has 0 saturated heterocycles. The summed E-state index contributed by atoms with van der Waals surface area (Å²) in [4.78, 5) is 9.61. The normalized spacial score (nSPS) is 10.8. The smallest absolute Gasteiger partial charge is 0.405 e. The first-order valence-electron chi connectivity index (χ1n) is 1.89. The molecule has 0 heterocycles. The Kier molecular flexibility index (Phi) is 2.41. The molecule has 7 heteroatoms. The molecule has 0 aromatic carbocycles. The van der Waals surface area contributed by atoms with Gasteiger partial charge in [0, 0.05) is 0 Å². The lowest BCUT2D eigenvalue weighted by Crippen LogP contribution is -2.31. The highest BCUT2D eigenvalue weighted by atomic mass is 32.2. The lowest BCUT2D eigenvalue weighted by atomic mass is 11.1. The van der Waals surface area contributed by atoms with Gasteiger partial charge in [0.15, 0.2) is 0 Å². The van der Waals surface area contributed by atoms with E-state index in [1.807, 2.05) is 0 Å². The van der Waals surface area contributed by atoms with Crippen molar-refractivity contribution in [1.29, 1.82) is 0 Å². The van der Waals surface area contributed by atoms with Crippen LogP contribution in [-0.4, -0.2) is 25.5 Å². The van der Waals surface area contributed by atoms with Gasteiger partial charge in [0.25, 0.3) is 0 Å². The van der Waals surface area contributed by atoms with E-state index in [0.717, 1.165) is 0 Å². The first-order chi connectivity index (χ1) is 3.92. The van der Waals surface area contributed by atoms with Crippen molar-refractivity contribution in [1.82, 2.24) is 5.32 Å². The van der Waals surface area contributed by atoms with Crippen LogP contribution >= 0.6 is 0 Å². The number of carbonyl (C=O) groups is 1. The van der Waals surface area contributed by atoms with Crippen molar-refractivity contribution in [2.45, 2.75) is 0 Å². The average Bonchev–Trinajstić information content (AvgIpc) is 1.59. The molecule has 0 aliphatic carbocycles. The molecule has 0 rings (SSSR count). The van der Waals surface area contributed by atoms with E-state index >= 15 is 0 Å². The molecule has 0 fully saturated rings. The summed E-state index contributed by atoms with van der Waals surface area (Å²) in [6, 6.07) is 0. The van der Waals surface area contributed by atoms with Gasteiger partial charge in [-0.2, -0.15) is 0 Å². The third-order valence-electron chi connectivity index (χ3n) is 0.425. The second kappa shape index (κ2) is 2.65. The van der Waals surface area contributed by atoms with Crippen molar-refractivity contribution in [3.8, 4) is 0 Å². The minimum atomic E-state index is -3.71. The number of hydrogen-bond donors (Lipinski definition) is 3. The zero-order valence-electron chi connectivity index (χ0n) is 4.36. The van der Waals surface area contributed by atoms with E-state index in [0.29, 0.717) is 0 Å². The summed E-state index contributed by atoms with van der Waals surface area (Å²) in [7, 11) is -3.71. The van der Waals surface area contributed by atoms with Crippen LogP contribution in [0.25, 0.3) is 0 Å². The number of primary sulfonamides is 1. The van der Waals surface area contributed by atoms with Gasteiger partial charge in [0.2, 0.25) is 10.0 Å². The highest BCUT2D eigenvalue weighted by Crippen LogP contribution is 1.70. The number of nitrogens with one attached hydrogen (secondary N) is 1. The summed E-state index contributed by atoms with van der Waals surface area (Å²) in [6.07, 6.45) is -1.41. The van der Waals surface area contributed by atoms with E-state index in [-0.39, 0.29) is 0 Å². The summed E-state index contributed by atoms with van der Waals surface area (Å²) >= 11 is 0. The molecular weight excluding hydrogens is 148 g/mol. The molecule has 0 spiro atoms. The standard InChI is InChI=1S/C2H6N2O4S/c3-9(7,8)1-4-2(5)6/h4H,1H2,(H,5,6)(H2,3,7,8). The Morgan fingerprint density at radius 2 is 2.11 bits per heavy atom. The Balaban J connectivity index is 3.67. The average molecular weight is 154 g/mol. The van der Waals surface area contributed by atoms with Crippen LogP contribution in [0.3, 0.4) is 0 Å². The fraction of sp³-hybridized carbons (Fsp3) is 0.500. The van der Waals surface area contributed by atoms with Gasteiger partial charge in [-0.25, -0.2) is 18.4 Å². The third-order valence-corrected chi connectivity index (χ3v) is 0.971. The summed E-state index contributed by atoms with van der Waals surface area (Å²) in [5.74, 6) is -0.748. The molecule has 6 nitrogen and oxygen atoms in total. The topological polar surface area (TPSA) is 109 Å². The largest absolute Gasteiger partial charge is 0.465 e. The van der Waals surface area contributed by atoms with E-state index in [9.17, 15) is 13.2 Å². The molecule has 54 valence electrons. The molecule has 0 atom stereocenters. The first kappa shape index (κ1) is 8.18. The van der Waals surface area contributed by atoms with Crippen LogP contribution in [0.15, 0.2) is 0 Å². The van der Waals surface area contributed by atoms with Gasteiger partial charge in [-0.15, -0.1) is 0 Å². The molecule has 0 unspecified atom stereocenters. The Labute approximate surface area is 51.7 Å². The van der Waals surface area contributed by atoms with Crippen molar-refractivity contribution in [2.24, 2.45) is 5.14 Å². The van der Waals surface area contributed by atoms with Gasteiger partial charge < -0.3 is 10.4 Å². The zero-order valence-corrected chi connectivity index (χ0v) is 5.18. The van der Waals surface area contributed by atoms with Crippen molar-refractivity contribution < 1.29 is 18.3 Å². The van der Waals surface area contributed by atoms with Gasteiger partial charge in [-0.1, -0.05) is 0 Å². The number of rotatable bonds is 2. The molecule has 0 aliphatic heterocycles. The molecule has 0 saturated carbocycles. The fourth-order valence-electron chi connectivity index (χ4n) is 0.162. The summed E-state index contributed by atoms with van der Waals surface area (Å²) in [6.45, 7) is 0. The molecule has 4 N–H and O–H groups in total. The molecule has 0 radical (unpaired) electrons. The fourth-order valence-corrected chi connectivity index (χ4v) is 0.487. The maximum absolute atomic E-state index is 9.99. The summed E-state index contributed by atoms with van der Waals surface area (Å²) in [5.41, 5.74) is 0. The van der Waals surface area contributed by atoms with Crippen LogP contribution in [-0.2, 0) is 10.0 Å². The maximum Gasteiger partial charge on any atom is 0.405 e. The van der Waals surface area contributed by atoms with Crippen molar-refractivity contribution in [3.05, 3.63) is 0 Å². The van der Waals surface area contributed by atoms with Crippen LogP contribution in [0.2, 0.25) is 0 Å². The summed E-state index contributed by atoms with van der Waals surface area (Å²) in [5, 5.41) is 13.9. The molecular formula is C2H6N2O4S. The summed E-state index contributed by atoms with van der Waals surface area (Å²) < 4.78 is 20.0. The highest BCUT2D eigenvalue weighted by Gasteiger charge is 2.02. The van der Waals surface area contributed by atoms with E-state index in [4.69, 9.17) is 5.11 Å². The highest BCUT2D eigenvalue weighted by molar-refractivity contribution is 7.89. The third kappa shape index (κ3) is 7.18. The minimum Gasteiger partial charge on any atom is -0.465 e. The van der Waals surface area contributed by atoms with E-state index in [2.05, 4.69) is 5.14 Å². The number of hydrogen-bond acceptors (Lipinski definition) is 3. The van der Waals surface area contributed by atoms with Gasteiger partial charge in [-0.3, -0.25) is 0 Å². The van der Waals surface area contributed by atoms with Gasteiger partial charge in [0.05, 0.1) is 0 Å². The zero-order chi connectivity index (χ0) is 7.49. The molecule has 0 aromatic rings. The van der Waals surface area contributed by atoms with Gasteiger partial charge in [0.1, 0.15) is 5.88 Å². The van der Waals surface area contributed by atoms with Crippen molar-refractivity contribution in [2.75, 3.05) is 5.88 Å². The van der Waals surface area contributed by atoms with Crippen LogP contribution in [0, 0.1) is 0 Å². The number of sulfonamides is 1. The molecule has 0 aromatic heterocycles. The Morgan fingerprint density at radius 1 is 1.67 bits per heavy atom. The predicted octanol–water partition coefficient (Wildman–Crippen LogP) is -1.50. The lowest BCUT2D eigenvalue weighted by molar-refractivity contribution is 0.196. The Hall–Kier alpha value is -0.820. The predicted molar refractivity (Wildman–Crippen MR) is 29.1 cm³/mol. The second-order valence-corrected chi connectivity index (χ2v) is 2.90. The maximum atomic E-state index is 9.99. The first-order valence-corrected chi connectivity index (χ1v) is 3.60. The second-order valence-electron chi connectivity index (χ2n) is 1.29. The lowest BCUT2D eigenvalue weighted by Gasteiger charge is -1.94. The van der Waals surface area contributed by atoms with Crippen molar-refractivity contribution in [3.63, 3.8) is 0 Å². The molecule has 0 bridgehead atoms. The van der Waals surface area contributed by atoms with Crippen LogP contribution < -0.4 is 10.5 Å². The van der Waals surface area contributed by atoms with E-state index < -0.39 is 22.0 Å². The van der Waals surface area contributed by atoms with Crippen LogP contribution in [0.5, 0.6) is 0 Å². The Morgan fingerprint density at radius 3 is 2.22 bits per heavy atom. The Bertz CT molecular complexity index is 195. The van der Waals surface area contributed by atoms with Crippen LogP contribution in [0.1, 0.15) is 0 Å².